The number of aryl methyl sites for hydroxylation is 2. The number of halogens is 1. The molecule has 0 unspecified atom stereocenters. The van der Waals surface area contributed by atoms with Gasteiger partial charge in [-0.3, -0.25) is 0 Å². The maximum atomic E-state index is 12.9. The minimum atomic E-state index is -3.61. The molecule has 0 radical (unpaired) electrons. The van der Waals surface area contributed by atoms with E-state index in [-0.39, 0.29) is 23.2 Å². The van der Waals surface area contributed by atoms with E-state index in [1.54, 1.807) is 24.3 Å². The van der Waals surface area contributed by atoms with Gasteiger partial charge in [0, 0.05) is 55.3 Å². The van der Waals surface area contributed by atoms with Crippen LogP contribution in [0.4, 0.5) is 11.4 Å². The average Bonchev–Trinajstić information content (AvgIpc) is 3.88. The van der Waals surface area contributed by atoms with Gasteiger partial charge in [0.05, 0.1) is 31.3 Å². The Bertz CT molecular complexity index is 3120. The van der Waals surface area contributed by atoms with E-state index < -0.39 is 31.1 Å². The molecule has 0 spiro atoms. The van der Waals surface area contributed by atoms with Crippen LogP contribution in [0.2, 0.25) is 0 Å². The van der Waals surface area contributed by atoms with Crippen LogP contribution in [-0.4, -0.2) is 56.2 Å². The first-order valence-electron chi connectivity index (χ1n) is 25.6. The van der Waals surface area contributed by atoms with Gasteiger partial charge in [-0.25, -0.2) is 26.3 Å². The Balaban J connectivity index is 0.000000166. The molecule has 2 aliphatic carbocycles. The van der Waals surface area contributed by atoms with E-state index in [0.717, 1.165) is 78.5 Å². The van der Waals surface area contributed by atoms with Crippen LogP contribution < -0.4 is 26.4 Å². The molecular formula is C56H78BBrN6O6S2. The van der Waals surface area contributed by atoms with Crippen LogP contribution in [-0.2, 0) is 29.4 Å². The van der Waals surface area contributed by atoms with Gasteiger partial charge in [-0.15, -0.1) is 0 Å². The zero-order valence-corrected chi connectivity index (χ0v) is 47.7. The van der Waals surface area contributed by atoms with Crippen LogP contribution in [0.5, 0.6) is 0 Å². The second kappa shape index (κ2) is 21.2. The summed E-state index contributed by atoms with van der Waals surface area (Å²) in [5.74, 6) is 1.00. The van der Waals surface area contributed by atoms with E-state index in [9.17, 15) is 16.8 Å². The largest absolute Gasteiger partial charge is 0.496 e. The lowest BCUT2D eigenvalue weighted by Gasteiger charge is -2.32. The minimum absolute atomic E-state index is 0.273. The third-order valence-electron chi connectivity index (χ3n) is 14.3. The molecule has 6 aromatic rings. The van der Waals surface area contributed by atoms with E-state index in [0.29, 0.717) is 16.7 Å². The first-order valence-corrected chi connectivity index (χ1v) is 29.3. The number of anilines is 2. The van der Waals surface area contributed by atoms with Crippen molar-refractivity contribution in [1.82, 2.24) is 19.4 Å². The number of rotatable bonds is 8. The third-order valence-corrected chi connectivity index (χ3v) is 18.5. The van der Waals surface area contributed by atoms with Crippen molar-refractivity contribution in [3.63, 3.8) is 0 Å². The Hall–Kier alpha value is -4.16. The summed E-state index contributed by atoms with van der Waals surface area (Å²) in [6.45, 7) is 23.3. The van der Waals surface area contributed by atoms with Crippen molar-refractivity contribution in [2.75, 3.05) is 11.5 Å². The molecule has 8 N–H and O–H groups in total. The number of H-pyrrole nitrogens is 2. The molecule has 12 nitrogen and oxygen atoms in total. The van der Waals surface area contributed by atoms with Crippen LogP contribution in [0, 0.1) is 13.8 Å². The topological polar surface area (TPSA) is 194 Å². The molecule has 3 fully saturated rings. The van der Waals surface area contributed by atoms with E-state index in [1.165, 1.54) is 62.5 Å². The summed E-state index contributed by atoms with van der Waals surface area (Å²) in [5.41, 5.74) is 21.7. The van der Waals surface area contributed by atoms with Crippen molar-refractivity contribution >= 4 is 81.7 Å². The molecule has 390 valence electrons. The van der Waals surface area contributed by atoms with Crippen molar-refractivity contribution in [2.45, 2.75) is 191 Å². The van der Waals surface area contributed by atoms with Gasteiger partial charge < -0.3 is 30.7 Å². The smallest absolute Gasteiger partial charge is 0.399 e. The van der Waals surface area contributed by atoms with Crippen LogP contribution in [0.25, 0.3) is 33.1 Å². The molecule has 2 saturated carbocycles. The number of nitrogens with two attached hydrogens (primary N) is 2. The number of hydrogen-bond donors (Lipinski definition) is 6. The predicted octanol–water partition coefficient (Wildman–Crippen LogP) is 12.8. The summed E-state index contributed by atoms with van der Waals surface area (Å²) in [7, 11) is -7.51. The standard InChI is InChI=1S/C25H33N3O2S.C18H25BrN2O2S.C13H20BNO2/c1-16-10-12-19(21(26)14-16)24-23(17-8-6-5-7-9-17)20-13-11-18(15-22(20)27-24)31(29,30)28-25(2,3)4;1-18(2,3)21-24(22,23)13-9-10-14-15(11-13)20-17(19)16(14)12-7-5-4-6-8-12;1-9-6-7-10(11(15)8-9)14-16-12(2,3)13(4,5)17-14/h10-15,17,27-28H,5-9,26H2,1-4H3;9-12,20-21H,4-8H2,1-3H3;6-8H,15H2,1-5H3. The molecular weight excluding hydrogens is 1010 g/mol. The molecule has 0 atom stereocenters. The fourth-order valence-corrected chi connectivity index (χ4v) is 13.9. The van der Waals surface area contributed by atoms with Crippen LogP contribution in [0.1, 0.15) is 168 Å². The number of hydrogen-bond acceptors (Lipinski definition) is 8. The summed E-state index contributed by atoms with van der Waals surface area (Å²) < 4.78 is 69.3. The number of aromatic amines is 2. The third kappa shape index (κ3) is 12.8. The molecule has 0 bridgehead atoms. The zero-order chi connectivity index (χ0) is 52.8. The summed E-state index contributed by atoms with van der Waals surface area (Å²) in [6, 6.07) is 22.9. The minimum Gasteiger partial charge on any atom is -0.399 e. The normalized spacial score (nSPS) is 17.9. The van der Waals surface area contributed by atoms with Gasteiger partial charge in [-0.2, -0.15) is 0 Å². The molecule has 3 heterocycles. The van der Waals surface area contributed by atoms with E-state index in [1.807, 2.05) is 119 Å². The highest BCUT2D eigenvalue weighted by atomic mass is 79.9. The van der Waals surface area contributed by atoms with E-state index >= 15 is 0 Å². The van der Waals surface area contributed by atoms with Crippen molar-refractivity contribution in [3.8, 4) is 11.3 Å². The van der Waals surface area contributed by atoms with Gasteiger partial charge in [0.1, 0.15) is 0 Å². The molecule has 72 heavy (non-hydrogen) atoms. The van der Waals surface area contributed by atoms with Crippen LogP contribution in [0.3, 0.4) is 0 Å². The van der Waals surface area contributed by atoms with Gasteiger partial charge in [-0.05, 0) is 195 Å². The number of benzene rings is 4. The molecule has 1 aliphatic heterocycles. The number of nitrogen functional groups attached to an aromatic ring is 2. The lowest BCUT2D eigenvalue weighted by atomic mass is 9.77. The van der Waals surface area contributed by atoms with Gasteiger partial charge in [0.2, 0.25) is 20.0 Å². The van der Waals surface area contributed by atoms with Crippen molar-refractivity contribution in [2.24, 2.45) is 0 Å². The van der Waals surface area contributed by atoms with Crippen molar-refractivity contribution in [3.05, 3.63) is 99.7 Å². The second-order valence-electron chi connectivity index (χ2n) is 23.4. The highest BCUT2D eigenvalue weighted by Gasteiger charge is 2.52. The summed E-state index contributed by atoms with van der Waals surface area (Å²) in [6.07, 6.45) is 12.3. The van der Waals surface area contributed by atoms with Crippen LogP contribution in [0.15, 0.2) is 87.2 Å². The number of aromatic nitrogens is 2. The van der Waals surface area contributed by atoms with Gasteiger partial charge in [0.25, 0.3) is 0 Å². The Morgan fingerprint density at radius 2 is 1.03 bits per heavy atom. The Labute approximate surface area is 438 Å². The highest BCUT2D eigenvalue weighted by Crippen LogP contribution is 2.45. The number of fused-ring (bicyclic) bond motifs is 2. The number of nitrogens with one attached hydrogen (secondary N) is 4. The van der Waals surface area contributed by atoms with Gasteiger partial charge in [0.15, 0.2) is 0 Å². The molecule has 9 rings (SSSR count). The fraction of sp³-hybridized carbons (Fsp3) is 0.500. The maximum absolute atomic E-state index is 12.9. The SMILES string of the molecule is CC(C)(C)NS(=O)(=O)c1ccc2c(C3CCCCC3)c(Br)[nH]c2c1.Cc1ccc(-c2[nH]c3cc(S(=O)(=O)NC(C)(C)C)ccc3c2C2CCCCC2)c(N)c1.Cc1ccc(B2OC(C)(C)C(C)(C)O2)c(N)c1. The summed E-state index contributed by atoms with van der Waals surface area (Å²) in [5, 5.41) is 2.22. The molecule has 0 amide bonds. The Kier molecular flexibility index (Phi) is 16.4. The Morgan fingerprint density at radius 1 is 0.597 bits per heavy atom. The zero-order valence-electron chi connectivity index (χ0n) is 44.5. The molecule has 3 aliphatic rings. The molecule has 2 aromatic heterocycles. The quantitative estimate of drug-likeness (QED) is 0.0640. The first kappa shape index (κ1) is 55.6. The van der Waals surface area contributed by atoms with E-state index in [4.69, 9.17) is 20.8 Å². The van der Waals surface area contributed by atoms with Gasteiger partial charge >= 0.3 is 7.12 Å². The van der Waals surface area contributed by atoms with E-state index in [2.05, 4.69) is 47.5 Å². The van der Waals surface area contributed by atoms with Gasteiger partial charge in [-0.1, -0.05) is 74.9 Å². The maximum Gasteiger partial charge on any atom is 0.496 e. The van der Waals surface area contributed by atoms with Crippen molar-refractivity contribution in [1.29, 1.82) is 0 Å². The second-order valence-corrected chi connectivity index (χ2v) is 27.5. The average molecular weight is 1090 g/mol. The lowest BCUT2D eigenvalue weighted by molar-refractivity contribution is 0.00578. The lowest BCUT2D eigenvalue weighted by Crippen LogP contribution is -2.41. The van der Waals surface area contributed by atoms with Crippen LogP contribution >= 0.6 is 15.9 Å². The number of sulfonamides is 2. The summed E-state index contributed by atoms with van der Waals surface area (Å²) in [4.78, 5) is 7.44. The first-order chi connectivity index (χ1) is 33.4. The Morgan fingerprint density at radius 3 is 1.49 bits per heavy atom. The predicted molar refractivity (Wildman–Crippen MR) is 302 cm³/mol. The highest BCUT2D eigenvalue weighted by molar-refractivity contribution is 9.10. The molecule has 4 aromatic carbocycles. The summed E-state index contributed by atoms with van der Waals surface area (Å²) >= 11 is 3.65. The molecule has 1 saturated heterocycles. The van der Waals surface area contributed by atoms with Crippen molar-refractivity contribution < 1.29 is 26.1 Å². The fourth-order valence-electron chi connectivity index (χ4n) is 10.2. The molecule has 16 heteroatoms. The monoisotopic (exact) mass is 1080 g/mol.